The third-order valence-corrected chi connectivity index (χ3v) is 4.07. The van der Waals surface area contributed by atoms with Crippen LogP contribution < -0.4 is 5.32 Å². The van der Waals surface area contributed by atoms with Gasteiger partial charge in [0.05, 0.1) is 0 Å². The molecule has 20 heavy (non-hydrogen) atoms. The second kappa shape index (κ2) is 5.38. The zero-order chi connectivity index (χ0) is 15.9. The van der Waals surface area contributed by atoms with Gasteiger partial charge in [-0.25, -0.2) is 0 Å². The van der Waals surface area contributed by atoms with Crippen molar-refractivity contribution in [3.63, 3.8) is 0 Å². The van der Waals surface area contributed by atoms with Crippen LogP contribution in [0.25, 0.3) is 0 Å². The van der Waals surface area contributed by atoms with E-state index >= 15 is 0 Å². The van der Waals surface area contributed by atoms with Crippen molar-refractivity contribution in [2.75, 3.05) is 0 Å². The number of rotatable bonds is 2. The molecule has 4 heteroatoms. The van der Waals surface area contributed by atoms with Crippen LogP contribution in [-0.4, -0.2) is 34.8 Å². The van der Waals surface area contributed by atoms with E-state index in [1.54, 1.807) is 0 Å². The van der Waals surface area contributed by atoms with E-state index in [-0.39, 0.29) is 28.7 Å². The van der Waals surface area contributed by atoms with Crippen molar-refractivity contribution in [3.8, 4) is 0 Å². The number of hydrogen-bond donors (Lipinski definition) is 1. The second-order valence-electron chi connectivity index (χ2n) is 8.08. The number of piperazine rings is 1. The van der Waals surface area contributed by atoms with Crippen LogP contribution in [0.5, 0.6) is 0 Å². The zero-order valence-electron chi connectivity index (χ0n) is 14.2. The normalized spacial score (nSPS) is 26.5. The molecule has 0 spiro atoms. The molecule has 0 radical (unpaired) electrons. The summed E-state index contributed by atoms with van der Waals surface area (Å²) in [6.45, 7) is 16.1. The first kappa shape index (κ1) is 17.0. The summed E-state index contributed by atoms with van der Waals surface area (Å²) in [6.07, 6.45) is 0.850. The fourth-order valence-electron chi connectivity index (χ4n) is 2.75. The molecule has 0 aromatic rings. The van der Waals surface area contributed by atoms with Crippen LogP contribution in [-0.2, 0) is 9.59 Å². The molecule has 3 unspecified atom stereocenters. The molecule has 116 valence electrons. The van der Waals surface area contributed by atoms with Crippen LogP contribution in [0.4, 0.5) is 0 Å². The van der Waals surface area contributed by atoms with E-state index in [9.17, 15) is 9.59 Å². The molecular formula is C16H30N2O2. The van der Waals surface area contributed by atoms with Gasteiger partial charge in [0.25, 0.3) is 0 Å². The number of hydrogen-bond acceptors (Lipinski definition) is 2. The second-order valence-corrected chi connectivity index (χ2v) is 8.08. The van der Waals surface area contributed by atoms with Gasteiger partial charge in [-0.3, -0.25) is 9.59 Å². The first-order chi connectivity index (χ1) is 8.91. The van der Waals surface area contributed by atoms with Gasteiger partial charge in [-0.05, 0) is 24.2 Å². The quantitative estimate of drug-likeness (QED) is 0.846. The van der Waals surface area contributed by atoms with E-state index in [0.717, 1.165) is 6.42 Å². The van der Waals surface area contributed by atoms with Crippen molar-refractivity contribution >= 4 is 11.8 Å². The SMILES string of the molecule is CCC(C)N1C(=O)C(C(C)(C)C)NC(=O)C1C(C)(C)C. The van der Waals surface area contributed by atoms with Gasteiger partial charge in [0, 0.05) is 6.04 Å². The minimum absolute atomic E-state index is 0.0303. The van der Waals surface area contributed by atoms with Crippen LogP contribution in [0, 0.1) is 10.8 Å². The fourth-order valence-corrected chi connectivity index (χ4v) is 2.75. The Morgan fingerprint density at radius 2 is 1.60 bits per heavy atom. The molecule has 0 saturated carbocycles. The third kappa shape index (κ3) is 3.15. The van der Waals surface area contributed by atoms with E-state index in [2.05, 4.69) is 12.2 Å². The Balaban J connectivity index is 3.25. The summed E-state index contributed by atoms with van der Waals surface area (Å²) in [5, 5.41) is 2.94. The molecule has 1 N–H and O–H groups in total. The summed E-state index contributed by atoms with van der Waals surface area (Å²) < 4.78 is 0. The summed E-state index contributed by atoms with van der Waals surface area (Å²) in [5.41, 5.74) is -0.548. The molecule has 1 rings (SSSR count). The maximum Gasteiger partial charge on any atom is 0.246 e. The van der Waals surface area contributed by atoms with Gasteiger partial charge in [-0.1, -0.05) is 48.5 Å². The van der Waals surface area contributed by atoms with Crippen molar-refractivity contribution in [2.24, 2.45) is 10.8 Å². The largest absolute Gasteiger partial charge is 0.342 e. The lowest BCUT2D eigenvalue weighted by atomic mass is 9.78. The van der Waals surface area contributed by atoms with Gasteiger partial charge >= 0.3 is 0 Å². The molecule has 1 aliphatic rings. The van der Waals surface area contributed by atoms with Crippen molar-refractivity contribution < 1.29 is 9.59 Å². The highest BCUT2D eigenvalue weighted by molar-refractivity contribution is 5.98. The highest BCUT2D eigenvalue weighted by atomic mass is 16.2. The number of nitrogens with zero attached hydrogens (tertiary/aromatic N) is 1. The Morgan fingerprint density at radius 3 is 1.95 bits per heavy atom. The van der Waals surface area contributed by atoms with E-state index in [0.29, 0.717) is 0 Å². The average Bonchev–Trinajstić information content (AvgIpc) is 2.27. The first-order valence-electron chi connectivity index (χ1n) is 7.53. The lowest BCUT2D eigenvalue weighted by molar-refractivity contribution is -0.159. The fraction of sp³-hybridized carbons (Fsp3) is 0.875. The van der Waals surface area contributed by atoms with Gasteiger partial charge < -0.3 is 10.2 Å². The molecule has 1 saturated heterocycles. The van der Waals surface area contributed by atoms with E-state index in [1.165, 1.54) is 0 Å². The summed E-state index contributed by atoms with van der Waals surface area (Å²) in [6, 6.07) is -0.770. The summed E-state index contributed by atoms with van der Waals surface area (Å²) in [5.74, 6) is 0.0173. The molecule has 1 aliphatic heterocycles. The van der Waals surface area contributed by atoms with Gasteiger partial charge in [0.15, 0.2) is 0 Å². The maximum atomic E-state index is 12.9. The molecule has 1 fully saturated rings. The molecule has 3 atom stereocenters. The van der Waals surface area contributed by atoms with Crippen LogP contribution in [0.15, 0.2) is 0 Å². The van der Waals surface area contributed by atoms with Gasteiger partial charge in [-0.2, -0.15) is 0 Å². The molecule has 1 heterocycles. The Morgan fingerprint density at radius 1 is 1.10 bits per heavy atom. The Kier molecular flexibility index (Phi) is 4.57. The number of carbonyl (C=O) groups excluding carboxylic acids is 2. The van der Waals surface area contributed by atoms with Crippen molar-refractivity contribution in [1.29, 1.82) is 0 Å². The molecule has 0 aromatic carbocycles. The summed E-state index contributed by atoms with van der Waals surface area (Å²) >= 11 is 0. The minimum Gasteiger partial charge on any atom is -0.342 e. The highest BCUT2D eigenvalue weighted by Gasteiger charge is 2.50. The zero-order valence-corrected chi connectivity index (χ0v) is 14.2. The van der Waals surface area contributed by atoms with Gasteiger partial charge in [0.2, 0.25) is 11.8 Å². The topological polar surface area (TPSA) is 49.4 Å². The standard InChI is InChI=1S/C16H30N2O2/c1-9-10(2)18-12(16(6,7)8)13(19)17-11(14(18)20)15(3,4)5/h10-12H,9H2,1-8H3,(H,17,19). The van der Waals surface area contributed by atoms with Crippen LogP contribution in [0.1, 0.15) is 61.8 Å². The van der Waals surface area contributed by atoms with E-state index in [4.69, 9.17) is 0 Å². The van der Waals surface area contributed by atoms with Crippen molar-refractivity contribution in [3.05, 3.63) is 0 Å². The predicted molar refractivity (Wildman–Crippen MR) is 81.2 cm³/mol. The van der Waals surface area contributed by atoms with E-state index in [1.807, 2.05) is 53.4 Å². The number of nitrogens with one attached hydrogen (secondary N) is 1. The minimum atomic E-state index is -0.442. The molecule has 0 bridgehead atoms. The van der Waals surface area contributed by atoms with Crippen LogP contribution in [0.2, 0.25) is 0 Å². The lowest BCUT2D eigenvalue weighted by Crippen LogP contribution is -2.70. The summed E-state index contributed by atoms with van der Waals surface area (Å²) in [7, 11) is 0. The predicted octanol–water partition coefficient (Wildman–Crippen LogP) is 2.57. The average molecular weight is 282 g/mol. The van der Waals surface area contributed by atoms with Crippen molar-refractivity contribution in [1.82, 2.24) is 10.2 Å². The Hall–Kier alpha value is -1.06. The maximum absolute atomic E-state index is 12.9. The molecule has 4 nitrogen and oxygen atoms in total. The molecule has 0 aromatic heterocycles. The Labute approximate surface area is 123 Å². The number of carbonyl (C=O) groups is 2. The highest BCUT2D eigenvalue weighted by Crippen LogP contribution is 2.33. The molecule has 0 aliphatic carbocycles. The van der Waals surface area contributed by atoms with Gasteiger partial charge in [0.1, 0.15) is 12.1 Å². The van der Waals surface area contributed by atoms with Crippen LogP contribution >= 0.6 is 0 Å². The monoisotopic (exact) mass is 282 g/mol. The molecule has 2 amide bonds. The third-order valence-electron chi connectivity index (χ3n) is 4.07. The first-order valence-corrected chi connectivity index (χ1v) is 7.53. The Bertz CT molecular complexity index is 390. The van der Waals surface area contributed by atoms with Gasteiger partial charge in [-0.15, -0.1) is 0 Å². The van der Waals surface area contributed by atoms with E-state index < -0.39 is 12.1 Å². The number of amides is 2. The smallest absolute Gasteiger partial charge is 0.246 e. The van der Waals surface area contributed by atoms with Crippen LogP contribution in [0.3, 0.4) is 0 Å². The molecular weight excluding hydrogens is 252 g/mol. The van der Waals surface area contributed by atoms with Crippen molar-refractivity contribution in [2.45, 2.75) is 79.9 Å². The summed E-state index contributed by atoms with van der Waals surface area (Å²) in [4.78, 5) is 27.3. The lowest BCUT2D eigenvalue weighted by Gasteiger charge is -2.49.